The summed E-state index contributed by atoms with van der Waals surface area (Å²) in [5.74, 6) is 0.203. The Morgan fingerprint density at radius 3 is 2.23 bits per heavy atom. The highest BCUT2D eigenvalue weighted by molar-refractivity contribution is 6.19. The fourth-order valence-corrected chi connectivity index (χ4v) is 4.67. The van der Waals surface area contributed by atoms with Crippen molar-refractivity contribution in [2.75, 3.05) is 37.0 Å². The molecule has 1 N–H and O–H groups in total. The Morgan fingerprint density at radius 2 is 1.57 bits per heavy atom. The van der Waals surface area contributed by atoms with Crippen LogP contribution in [0.2, 0.25) is 0 Å². The van der Waals surface area contributed by atoms with E-state index in [-0.39, 0.29) is 55.1 Å². The van der Waals surface area contributed by atoms with E-state index < -0.39 is 5.41 Å². The zero-order valence-electron chi connectivity index (χ0n) is 23.2. The first-order valence-electron chi connectivity index (χ1n) is 12.6. The molecule has 1 atom stereocenters. The molecule has 0 aliphatic carbocycles. The molecular weight excluding hydrogens is 573 g/mol. The molecule has 8 nitrogen and oxygen atoms in total. The van der Waals surface area contributed by atoms with Crippen molar-refractivity contribution in [3.05, 3.63) is 78.4 Å². The molecule has 1 unspecified atom stereocenters. The first kappa shape index (κ1) is 35.1. The maximum atomic E-state index is 12.9. The summed E-state index contributed by atoms with van der Waals surface area (Å²) in [5.41, 5.74) is 2.65. The molecule has 3 aromatic rings. The highest BCUT2D eigenvalue weighted by Gasteiger charge is 2.44. The van der Waals surface area contributed by atoms with Crippen LogP contribution < -0.4 is 19.9 Å². The molecule has 0 radical (unpaired) electrons. The summed E-state index contributed by atoms with van der Waals surface area (Å²) in [6.45, 7) is 4.64. The minimum atomic E-state index is -1.13. The molecular formula is C29H38Cl3N5O3. The molecule has 0 bridgehead atoms. The number of halogens is 3. The number of fused-ring (bicyclic) bond motifs is 1. The summed E-state index contributed by atoms with van der Waals surface area (Å²) in [7, 11) is 3.41. The van der Waals surface area contributed by atoms with Gasteiger partial charge in [0.05, 0.1) is 18.0 Å². The van der Waals surface area contributed by atoms with Crippen LogP contribution in [0.5, 0.6) is 5.75 Å². The van der Waals surface area contributed by atoms with Crippen molar-refractivity contribution in [3.63, 3.8) is 0 Å². The van der Waals surface area contributed by atoms with Gasteiger partial charge in [0, 0.05) is 51.0 Å². The number of nitrogens with zero attached hydrogens (tertiary/aromatic N) is 4. The van der Waals surface area contributed by atoms with Crippen molar-refractivity contribution < 1.29 is 14.3 Å². The van der Waals surface area contributed by atoms with Crippen LogP contribution in [-0.4, -0.2) is 49.0 Å². The van der Waals surface area contributed by atoms with Gasteiger partial charge in [-0.25, -0.2) is 0 Å². The number of nitrogens with one attached hydrogen (secondary N) is 1. The first-order valence-corrected chi connectivity index (χ1v) is 12.6. The zero-order valence-corrected chi connectivity index (χ0v) is 25.7. The molecule has 1 aliphatic rings. The molecule has 0 saturated heterocycles. The standard InChI is InChI=1S/C29H35N5O3.3ClH/c1-29(2)27(35)33(3)25-11-9-23(19-26(25)34(4)28(29)36)37-18-6-15-32-24(22-12-16-30-17-13-22)10-8-21-7-5-14-31-20-21;;;/h5,7,9,11-14,16-17,19-20,24,32H,6,8,10,15,18H2,1-4H3;3*1H. The fraction of sp³-hybridized carbons (Fsp3) is 0.379. The maximum absolute atomic E-state index is 12.9. The van der Waals surface area contributed by atoms with Gasteiger partial charge in [0.25, 0.3) is 0 Å². The van der Waals surface area contributed by atoms with Crippen LogP contribution in [0.3, 0.4) is 0 Å². The first-order chi connectivity index (χ1) is 17.8. The second-order valence-electron chi connectivity index (χ2n) is 9.89. The van der Waals surface area contributed by atoms with Crippen molar-refractivity contribution in [1.82, 2.24) is 15.3 Å². The predicted octanol–water partition coefficient (Wildman–Crippen LogP) is 5.44. The van der Waals surface area contributed by atoms with Crippen molar-refractivity contribution in [2.24, 2.45) is 5.41 Å². The number of carbonyl (C=O) groups is 2. The van der Waals surface area contributed by atoms with Crippen LogP contribution in [0.4, 0.5) is 11.4 Å². The van der Waals surface area contributed by atoms with E-state index in [9.17, 15) is 9.59 Å². The monoisotopic (exact) mass is 609 g/mol. The van der Waals surface area contributed by atoms with Crippen LogP contribution >= 0.6 is 37.2 Å². The van der Waals surface area contributed by atoms with Crippen molar-refractivity contribution in [2.45, 2.75) is 39.2 Å². The minimum absolute atomic E-state index is 0. The van der Waals surface area contributed by atoms with Crippen LogP contribution in [0.25, 0.3) is 0 Å². The molecule has 3 heterocycles. The van der Waals surface area contributed by atoms with Crippen LogP contribution in [-0.2, 0) is 16.0 Å². The number of anilines is 2. The molecule has 218 valence electrons. The summed E-state index contributed by atoms with van der Waals surface area (Å²) >= 11 is 0. The van der Waals surface area contributed by atoms with E-state index in [1.54, 1.807) is 43.9 Å². The number of ether oxygens (including phenoxy) is 1. The van der Waals surface area contributed by atoms with E-state index in [0.29, 0.717) is 23.7 Å². The molecule has 1 aromatic carbocycles. The largest absolute Gasteiger partial charge is 0.493 e. The minimum Gasteiger partial charge on any atom is -0.493 e. The molecule has 11 heteroatoms. The quantitative estimate of drug-likeness (QED) is 0.243. The highest BCUT2D eigenvalue weighted by atomic mass is 35.5. The fourth-order valence-electron chi connectivity index (χ4n) is 4.67. The topological polar surface area (TPSA) is 87.7 Å². The van der Waals surface area contributed by atoms with Crippen molar-refractivity contribution >= 4 is 60.4 Å². The summed E-state index contributed by atoms with van der Waals surface area (Å²) in [5, 5.41) is 3.66. The third kappa shape index (κ3) is 8.07. The number of carbonyl (C=O) groups excluding carboxylic acids is 2. The number of aryl methyl sites for hydroxylation is 1. The smallest absolute Gasteiger partial charge is 0.241 e. The number of benzene rings is 1. The van der Waals surface area contributed by atoms with Crippen LogP contribution in [0, 0.1) is 5.41 Å². The molecule has 0 spiro atoms. The molecule has 2 amide bonds. The Hall–Kier alpha value is -2.91. The Labute approximate surface area is 255 Å². The molecule has 0 saturated carbocycles. The lowest BCUT2D eigenvalue weighted by Gasteiger charge is -2.25. The number of hydrogen-bond acceptors (Lipinski definition) is 6. The van der Waals surface area contributed by atoms with Crippen LogP contribution in [0.1, 0.15) is 43.9 Å². The van der Waals surface area contributed by atoms with E-state index in [1.807, 2.05) is 55.0 Å². The zero-order chi connectivity index (χ0) is 26.4. The second kappa shape index (κ2) is 15.8. The van der Waals surface area contributed by atoms with Crippen LogP contribution in [0.15, 0.2) is 67.3 Å². The number of pyridine rings is 2. The third-order valence-corrected chi connectivity index (χ3v) is 6.88. The van der Waals surface area contributed by atoms with E-state index in [4.69, 9.17) is 4.74 Å². The van der Waals surface area contributed by atoms with Crippen molar-refractivity contribution in [1.29, 1.82) is 0 Å². The van der Waals surface area contributed by atoms with E-state index in [0.717, 1.165) is 25.8 Å². The summed E-state index contributed by atoms with van der Waals surface area (Å²) < 4.78 is 6.03. The van der Waals surface area contributed by atoms with E-state index >= 15 is 0 Å². The summed E-state index contributed by atoms with van der Waals surface area (Å²) in [6.07, 6.45) is 10.0. The van der Waals surface area contributed by atoms with E-state index in [1.165, 1.54) is 11.1 Å². The van der Waals surface area contributed by atoms with Gasteiger partial charge in [-0.05, 0) is 81.1 Å². The normalized spacial score (nSPS) is 14.6. The van der Waals surface area contributed by atoms with Gasteiger partial charge in [-0.1, -0.05) is 6.07 Å². The maximum Gasteiger partial charge on any atom is 0.241 e. The number of amides is 2. The average Bonchev–Trinajstić information content (AvgIpc) is 2.97. The molecule has 0 fully saturated rings. The van der Waals surface area contributed by atoms with Gasteiger partial charge in [0.1, 0.15) is 11.2 Å². The van der Waals surface area contributed by atoms with Gasteiger partial charge in [0.2, 0.25) is 11.8 Å². The summed E-state index contributed by atoms with van der Waals surface area (Å²) in [6, 6.07) is 13.9. The molecule has 2 aromatic heterocycles. The SMILES string of the molecule is CN1C(=O)C(C)(C)C(=O)N(C)c2cc(OCCCNC(CCc3cccnc3)c3ccncc3)ccc21.Cl.Cl.Cl. The predicted molar refractivity (Wildman–Crippen MR) is 166 cm³/mol. The Kier molecular flexibility index (Phi) is 13.8. The van der Waals surface area contributed by atoms with Gasteiger partial charge >= 0.3 is 0 Å². The summed E-state index contributed by atoms with van der Waals surface area (Å²) in [4.78, 5) is 37.2. The Bertz CT molecular complexity index is 1230. The Balaban J connectivity index is 0.00000267. The molecule has 4 rings (SSSR count). The number of aromatic nitrogens is 2. The third-order valence-electron chi connectivity index (χ3n) is 6.88. The van der Waals surface area contributed by atoms with Gasteiger partial charge < -0.3 is 19.9 Å². The lowest BCUT2D eigenvalue weighted by atomic mass is 9.90. The lowest BCUT2D eigenvalue weighted by molar-refractivity contribution is -0.137. The van der Waals surface area contributed by atoms with Gasteiger partial charge in [-0.3, -0.25) is 19.6 Å². The molecule has 40 heavy (non-hydrogen) atoms. The van der Waals surface area contributed by atoms with Gasteiger partial charge in [-0.15, -0.1) is 37.2 Å². The average molecular weight is 611 g/mol. The van der Waals surface area contributed by atoms with E-state index in [2.05, 4.69) is 21.4 Å². The number of rotatable bonds is 10. The lowest BCUT2D eigenvalue weighted by Crippen LogP contribution is -2.46. The second-order valence-corrected chi connectivity index (χ2v) is 9.89. The highest BCUT2D eigenvalue weighted by Crippen LogP contribution is 2.39. The Morgan fingerprint density at radius 1 is 0.900 bits per heavy atom. The van der Waals surface area contributed by atoms with Crippen molar-refractivity contribution in [3.8, 4) is 5.75 Å². The van der Waals surface area contributed by atoms with Gasteiger partial charge in [0.15, 0.2) is 0 Å². The van der Waals surface area contributed by atoms with Gasteiger partial charge in [-0.2, -0.15) is 0 Å². The molecule has 1 aliphatic heterocycles. The number of hydrogen-bond donors (Lipinski definition) is 1.